The molecule has 2 rings (SSSR count). The van der Waals surface area contributed by atoms with Crippen molar-refractivity contribution in [3.63, 3.8) is 0 Å². The van der Waals surface area contributed by atoms with Gasteiger partial charge in [0.05, 0.1) is 11.1 Å². The summed E-state index contributed by atoms with van der Waals surface area (Å²) >= 11 is 0. The van der Waals surface area contributed by atoms with E-state index in [2.05, 4.69) is 9.89 Å². The van der Waals surface area contributed by atoms with Crippen molar-refractivity contribution in [2.24, 2.45) is 4.99 Å². The van der Waals surface area contributed by atoms with Crippen LogP contribution in [0.25, 0.3) is 0 Å². The van der Waals surface area contributed by atoms with Gasteiger partial charge in [-0.3, -0.25) is 4.90 Å². The highest BCUT2D eigenvalue weighted by Crippen LogP contribution is 2.14. The topological polar surface area (TPSA) is 49.7 Å². The minimum absolute atomic E-state index is 0.668. The maximum absolute atomic E-state index is 11.0. The Kier molecular flexibility index (Phi) is 2.21. The zero-order chi connectivity index (χ0) is 9.31. The van der Waals surface area contributed by atoms with Crippen molar-refractivity contribution in [1.29, 1.82) is 0 Å². The van der Waals surface area contributed by atoms with Gasteiger partial charge >= 0.3 is 0 Å². The van der Waals surface area contributed by atoms with Crippen LogP contribution in [0.15, 0.2) is 16.1 Å². The summed E-state index contributed by atoms with van der Waals surface area (Å²) in [7, 11) is -3.12. The highest BCUT2D eigenvalue weighted by Gasteiger charge is 2.17. The van der Waals surface area contributed by atoms with E-state index in [1.807, 2.05) is 0 Å². The van der Waals surface area contributed by atoms with Gasteiger partial charge in [-0.2, -0.15) is 0 Å². The minimum atomic E-state index is -3.12. The Balaban J connectivity index is 2.00. The third kappa shape index (κ3) is 2.16. The summed E-state index contributed by atoms with van der Waals surface area (Å²) in [5.41, 5.74) is 1.69. The van der Waals surface area contributed by atoms with Crippen molar-refractivity contribution in [1.82, 2.24) is 4.90 Å². The van der Waals surface area contributed by atoms with E-state index in [1.165, 1.54) is 18.2 Å². The molecule has 0 amide bonds. The average molecular weight is 200 g/mol. The molecule has 2 heterocycles. The Labute approximate surface area is 77.9 Å². The molecule has 0 aliphatic carbocycles. The summed E-state index contributed by atoms with van der Waals surface area (Å²) in [6.07, 6.45) is 2.42. The highest BCUT2D eigenvalue weighted by molar-refractivity contribution is 8.07. The summed E-state index contributed by atoms with van der Waals surface area (Å²) in [4.78, 5) is 6.08. The van der Waals surface area contributed by atoms with Gasteiger partial charge in [-0.05, 0) is 25.9 Å². The SMILES string of the molecule is O=S1(=O)C=NC(CN2CCCC2)=C1. The Morgan fingerprint density at radius 3 is 2.62 bits per heavy atom. The van der Waals surface area contributed by atoms with Crippen LogP contribution in [0.1, 0.15) is 12.8 Å². The molecule has 2 aliphatic heterocycles. The van der Waals surface area contributed by atoms with Crippen LogP contribution in [0, 0.1) is 0 Å². The average Bonchev–Trinajstić information content (AvgIpc) is 2.61. The fourth-order valence-electron chi connectivity index (χ4n) is 1.64. The van der Waals surface area contributed by atoms with E-state index in [9.17, 15) is 8.42 Å². The molecule has 13 heavy (non-hydrogen) atoms. The number of likely N-dealkylation sites (tertiary alicyclic amines) is 1. The molecule has 0 unspecified atom stereocenters. The van der Waals surface area contributed by atoms with E-state index in [4.69, 9.17) is 0 Å². The lowest BCUT2D eigenvalue weighted by Gasteiger charge is -2.12. The second kappa shape index (κ2) is 3.23. The molecule has 0 aromatic carbocycles. The van der Waals surface area contributed by atoms with Crippen LogP contribution in [0.3, 0.4) is 0 Å². The molecule has 1 saturated heterocycles. The Hall–Kier alpha value is -0.680. The molecule has 4 nitrogen and oxygen atoms in total. The molecule has 0 bridgehead atoms. The van der Waals surface area contributed by atoms with Crippen LogP contribution < -0.4 is 0 Å². The fourth-order valence-corrected chi connectivity index (χ4v) is 2.50. The molecular weight excluding hydrogens is 188 g/mol. The second-order valence-electron chi connectivity index (χ2n) is 3.42. The van der Waals surface area contributed by atoms with Gasteiger partial charge in [0.2, 0.25) is 9.84 Å². The van der Waals surface area contributed by atoms with Crippen LogP contribution in [-0.2, 0) is 9.84 Å². The summed E-state index contributed by atoms with van der Waals surface area (Å²) in [5, 5.41) is 1.26. The smallest absolute Gasteiger partial charge is 0.211 e. The molecule has 0 radical (unpaired) electrons. The van der Waals surface area contributed by atoms with E-state index in [0.717, 1.165) is 18.6 Å². The molecule has 1 fully saturated rings. The lowest BCUT2D eigenvalue weighted by Crippen LogP contribution is -2.21. The van der Waals surface area contributed by atoms with Crippen LogP contribution >= 0.6 is 0 Å². The Bertz CT molecular complexity index is 350. The van der Waals surface area contributed by atoms with Gasteiger partial charge in [0.25, 0.3) is 0 Å². The van der Waals surface area contributed by atoms with Crippen molar-refractivity contribution in [3.05, 3.63) is 11.1 Å². The van der Waals surface area contributed by atoms with E-state index >= 15 is 0 Å². The largest absolute Gasteiger partial charge is 0.297 e. The first kappa shape index (κ1) is 8.90. The maximum Gasteiger partial charge on any atom is 0.211 e. The predicted molar refractivity (Wildman–Crippen MR) is 51.2 cm³/mol. The quantitative estimate of drug-likeness (QED) is 0.647. The minimum Gasteiger partial charge on any atom is -0.297 e. The first-order valence-corrected chi connectivity index (χ1v) is 5.99. The summed E-state index contributed by atoms with van der Waals surface area (Å²) in [6, 6.07) is 0. The molecule has 5 heteroatoms. The maximum atomic E-state index is 11.0. The summed E-state index contributed by atoms with van der Waals surface area (Å²) in [6.45, 7) is 2.80. The van der Waals surface area contributed by atoms with Crippen molar-refractivity contribution in [2.75, 3.05) is 19.6 Å². The number of aliphatic imine (C=N–C) groups is 1. The van der Waals surface area contributed by atoms with Gasteiger partial charge in [-0.25, -0.2) is 13.4 Å². The zero-order valence-electron chi connectivity index (χ0n) is 7.31. The van der Waals surface area contributed by atoms with E-state index in [-0.39, 0.29) is 0 Å². The lowest BCUT2D eigenvalue weighted by atomic mass is 10.4. The fraction of sp³-hybridized carbons (Fsp3) is 0.625. The Morgan fingerprint density at radius 1 is 1.38 bits per heavy atom. The van der Waals surface area contributed by atoms with Crippen molar-refractivity contribution in [2.45, 2.75) is 12.8 Å². The van der Waals surface area contributed by atoms with Gasteiger partial charge in [0.1, 0.15) is 5.55 Å². The number of hydrogen-bond acceptors (Lipinski definition) is 4. The molecule has 0 aromatic rings. The molecule has 0 spiro atoms. The number of hydrogen-bond donors (Lipinski definition) is 0. The van der Waals surface area contributed by atoms with Crippen LogP contribution in [0.4, 0.5) is 0 Å². The normalized spacial score (nSPS) is 26.6. The first-order chi connectivity index (χ1) is 6.16. The third-order valence-corrected chi connectivity index (χ3v) is 3.25. The highest BCUT2D eigenvalue weighted by atomic mass is 32.2. The standard InChI is InChI=1S/C8H12N2O2S/c11-13(12)6-8(9-7-13)5-10-3-1-2-4-10/h6-7H,1-5H2. The van der Waals surface area contributed by atoms with Crippen LogP contribution in [0.5, 0.6) is 0 Å². The van der Waals surface area contributed by atoms with Crippen LogP contribution in [0.2, 0.25) is 0 Å². The molecular formula is C8H12N2O2S. The predicted octanol–water partition coefficient (Wildman–Crippen LogP) is 0.380. The molecule has 2 aliphatic rings. The van der Waals surface area contributed by atoms with Crippen molar-refractivity contribution in [3.8, 4) is 0 Å². The van der Waals surface area contributed by atoms with E-state index in [1.54, 1.807) is 0 Å². The summed E-state index contributed by atoms with van der Waals surface area (Å²) < 4.78 is 21.9. The second-order valence-corrected chi connectivity index (χ2v) is 5.04. The monoisotopic (exact) mass is 200 g/mol. The van der Waals surface area contributed by atoms with Gasteiger partial charge in [0.15, 0.2) is 0 Å². The van der Waals surface area contributed by atoms with Gasteiger partial charge < -0.3 is 0 Å². The van der Waals surface area contributed by atoms with Crippen LogP contribution in [-0.4, -0.2) is 38.5 Å². The van der Waals surface area contributed by atoms with E-state index in [0.29, 0.717) is 12.2 Å². The Morgan fingerprint density at radius 2 is 2.08 bits per heavy atom. The van der Waals surface area contributed by atoms with E-state index < -0.39 is 9.84 Å². The van der Waals surface area contributed by atoms with Gasteiger partial charge in [-0.1, -0.05) is 0 Å². The number of sulfone groups is 1. The first-order valence-electron chi connectivity index (χ1n) is 4.38. The molecule has 0 atom stereocenters. The van der Waals surface area contributed by atoms with Gasteiger partial charge in [0, 0.05) is 6.54 Å². The van der Waals surface area contributed by atoms with Crippen molar-refractivity contribution < 1.29 is 8.42 Å². The van der Waals surface area contributed by atoms with Crippen molar-refractivity contribution >= 4 is 15.4 Å². The molecule has 0 saturated carbocycles. The molecule has 0 N–H and O–H groups in total. The lowest BCUT2D eigenvalue weighted by molar-refractivity contribution is 0.368. The third-order valence-electron chi connectivity index (χ3n) is 2.25. The molecule has 72 valence electrons. The van der Waals surface area contributed by atoms with Gasteiger partial charge in [-0.15, -0.1) is 0 Å². The number of rotatable bonds is 2. The summed E-state index contributed by atoms with van der Waals surface area (Å²) in [5.74, 6) is 0. The molecule has 0 aromatic heterocycles. The number of nitrogens with zero attached hydrogens (tertiary/aromatic N) is 2. The zero-order valence-corrected chi connectivity index (χ0v) is 8.13.